The van der Waals surface area contributed by atoms with Crippen molar-refractivity contribution in [2.75, 3.05) is 13.1 Å². The molecule has 0 aromatic heterocycles. The fraction of sp³-hybridized carbons (Fsp3) is 0.263. The summed E-state index contributed by atoms with van der Waals surface area (Å²) in [5, 5.41) is 10.9. The number of benzene rings is 2. The maximum atomic E-state index is 10.9. The van der Waals surface area contributed by atoms with Crippen LogP contribution in [0.5, 0.6) is 0 Å². The summed E-state index contributed by atoms with van der Waals surface area (Å²) in [5.74, 6) is 0. The molecule has 0 N–H and O–H groups in total. The van der Waals surface area contributed by atoms with Crippen LogP contribution in [0, 0.1) is 10.1 Å². The monoisotopic (exact) mass is 308 g/mol. The van der Waals surface area contributed by atoms with Crippen LogP contribution >= 0.6 is 0 Å². The molecule has 1 atom stereocenters. The Hall–Kier alpha value is -2.46. The zero-order valence-corrected chi connectivity index (χ0v) is 13.2. The van der Waals surface area contributed by atoms with E-state index in [0.717, 1.165) is 25.1 Å². The van der Waals surface area contributed by atoms with Crippen molar-refractivity contribution in [3.63, 3.8) is 0 Å². The number of non-ortho nitro benzene ring substituents is 1. The van der Waals surface area contributed by atoms with Gasteiger partial charge in [-0.15, -0.1) is 0 Å². The first-order valence-electron chi connectivity index (χ1n) is 7.88. The molecule has 118 valence electrons. The highest BCUT2D eigenvalue weighted by atomic mass is 16.6. The van der Waals surface area contributed by atoms with E-state index in [-0.39, 0.29) is 16.7 Å². The molecule has 0 saturated carbocycles. The van der Waals surface area contributed by atoms with Gasteiger partial charge in [-0.3, -0.25) is 15.0 Å². The molecule has 2 aromatic carbocycles. The van der Waals surface area contributed by atoms with Gasteiger partial charge in [0.15, 0.2) is 0 Å². The normalized spacial score (nSPS) is 16.7. The van der Waals surface area contributed by atoms with E-state index in [1.807, 2.05) is 12.1 Å². The van der Waals surface area contributed by atoms with E-state index in [9.17, 15) is 10.1 Å². The minimum Gasteiger partial charge on any atom is -0.293 e. The van der Waals surface area contributed by atoms with Crippen LogP contribution in [0.15, 0.2) is 60.7 Å². The maximum Gasteiger partial charge on any atom is 0.269 e. The predicted octanol–water partition coefficient (Wildman–Crippen LogP) is 4.45. The lowest BCUT2D eigenvalue weighted by Crippen LogP contribution is -2.31. The first-order valence-corrected chi connectivity index (χ1v) is 7.88. The summed E-state index contributed by atoms with van der Waals surface area (Å²) >= 11 is 0. The third-order valence-corrected chi connectivity index (χ3v) is 4.50. The molecule has 0 unspecified atom stereocenters. The molecule has 4 nitrogen and oxygen atoms in total. The summed E-state index contributed by atoms with van der Waals surface area (Å²) in [7, 11) is 0. The largest absolute Gasteiger partial charge is 0.293 e. The molecular formula is C19H20N2O2. The maximum absolute atomic E-state index is 10.9. The van der Waals surface area contributed by atoms with Gasteiger partial charge in [0.1, 0.15) is 0 Å². The van der Waals surface area contributed by atoms with Crippen molar-refractivity contribution in [2.24, 2.45) is 0 Å². The molecule has 0 fully saturated rings. The van der Waals surface area contributed by atoms with Gasteiger partial charge in [0, 0.05) is 31.3 Å². The fourth-order valence-corrected chi connectivity index (χ4v) is 3.06. The SMILES string of the molecule is C[C@H](c1cccc([N+](=O)[O-])c1)N1CC=C(c2ccccc2)CC1. The van der Waals surface area contributed by atoms with Crippen LogP contribution < -0.4 is 0 Å². The number of nitro benzene ring substituents is 1. The van der Waals surface area contributed by atoms with Gasteiger partial charge in [-0.05, 0) is 30.0 Å². The van der Waals surface area contributed by atoms with E-state index >= 15 is 0 Å². The molecule has 1 heterocycles. The van der Waals surface area contributed by atoms with Gasteiger partial charge in [0.25, 0.3) is 5.69 Å². The Morgan fingerprint density at radius 2 is 1.91 bits per heavy atom. The van der Waals surface area contributed by atoms with Crippen LogP contribution in [0.25, 0.3) is 5.57 Å². The number of hydrogen-bond acceptors (Lipinski definition) is 3. The van der Waals surface area contributed by atoms with Gasteiger partial charge in [0.05, 0.1) is 4.92 Å². The minimum absolute atomic E-state index is 0.159. The molecular weight excluding hydrogens is 288 g/mol. The number of hydrogen-bond donors (Lipinski definition) is 0. The van der Waals surface area contributed by atoms with E-state index in [1.54, 1.807) is 18.2 Å². The molecule has 1 aliphatic rings. The second-order valence-corrected chi connectivity index (χ2v) is 5.87. The highest BCUT2D eigenvalue weighted by Crippen LogP contribution is 2.29. The van der Waals surface area contributed by atoms with Gasteiger partial charge in [-0.25, -0.2) is 0 Å². The highest BCUT2D eigenvalue weighted by Gasteiger charge is 2.20. The Morgan fingerprint density at radius 3 is 2.57 bits per heavy atom. The Bertz CT molecular complexity index is 725. The van der Waals surface area contributed by atoms with Crippen LogP contribution in [0.3, 0.4) is 0 Å². The van der Waals surface area contributed by atoms with Gasteiger partial charge in [-0.2, -0.15) is 0 Å². The first-order chi connectivity index (χ1) is 11.1. The van der Waals surface area contributed by atoms with E-state index in [2.05, 4.69) is 42.2 Å². The van der Waals surface area contributed by atoms with Crippen LogP contribution in [0.2, 0.25) is 0 Å². The molecule has 0 saturated heterocycles. The number of nitrogens with zero attached hydrogens (tertiary/aromatic N) is 2. The summed E-state index contributed by atoms with van der Waals surface area (Å²) in [5.41, 5.74) is 3.82. The van der Waals surface area contributed by atoms with Crippen molar-refractivity contribution >= 4 is 11.3 Å². The summed E-state index contributed by atoms with van der Waals surface area (Å²) in [4.78, 5) is 13.0. The summed E-state index contributed by atoms with van der Waals surface area (Å²) < 4.78 is 0. The van der Waals surface area contributed by atoms with E-state index in [1.165, 1.54) is 11.1 Å². The van der Waals surface area contributed by atoms with E-state index in [0.29, 0.717) is 0 Å². The lowest BCUT2D eigenvalue weighted by Gasteiger charge is -2.32. The highest BCUT2D eigenvalue weighted by molar-refractivity contribution is 5.66. The third-order valence-electron chi connectivity index (χ3n) is 4.50. The lowest BCUT2D eigenvalue weighted by atomic mass is 9.97. The van der Waals surface area contributed by atoms with Crippen LogP contribution in [-0.2, 0) is 0 Å². The smallest absolute Gasteiger partial charge is 0.269 e. The van der Waals surface area contributed by atoms with Gasteiger partial charge in [0.2, 0.25) is 0 Å². The molecule has 3 rings (SSSR count). The molecule has 0 amide bonds. The van der Waals surface area contributed by atoms with Crippen molar-refractivity contribution in [3.05, 3.63) is 81.9 Å². The summed E-state index contributed by atoms with van der Waals surface area (Å²) in [6.07, 6.45) is 3.27. The fourth-order valence-electron chi connectivity index (χ4n) is 3.06. The Balaban J connectivity index is 1.73. The Labute approximate surface area is 136 Å². The predicted molar refractivity (Wildman–Crippen MR) is 92.1 cm³/mol. The Morgan fingerprint density at radius 1 is 1.13 bits per heavy atom. The molecule has 1 aliphatic heterocycles. The van der Waals surface area contributed by atoms with Crippen molar-refractivity contribution in [1.29, 1.82) is 0 Å². The van der Waals surface area contributed by atoms with E-state index in [4.69, 9.17) is 0 Å². The summed E-state index contributed by atoms with van der Waals surface area (Å²) in [6, 6.07) is 17.6. The molecule has 0 aliphatic carbocycles. The average molecular weight is 308 g/mol. The van der Waals surface area contributed by atoms with Crippen LogP contribution in [-0.4, -0.2) is 22.9 Å². The zero-order chi connectivity index (χ0) is 16.2. The van der Waals surface area contributed by atoms with Crippen LogP contribution in [0.1, 0.15) is 30.5 Å². The third kappa shape index (κ3) is 3.48. The van der Waals surface area contributed by atoms with Crippen molar-refractivity contribution in [3.8, 4) is 0 Å². The van der Waals surface area contributed by atoms with Gasteiger partial charge < -0.3 is 0 Å². The van der Waals surface area contributed by atoms with Crippen molar-refractivity contribution < 1.29 is 4.92 Å². The van der Waals surface area contributed by atoms with Crippen molar-refractivity contribution in [2.45, 2.75) is 19.4 Å². The van der Waals surface area contributed by atoms with Gasteiger partial charge in [-0.1, -0.05) is 48.5 Å². The second kappa shape index (κ2) is 6.75. The Kier molecular flexibility index (Phi) is 4.53. The number of rotatable bonds is 4. The molecule has 0 spiro atoms. The molecule has 2 aromatic rings. The van der Waals surface area contributed by atoms with E-state index < -0.39 is 0 Å². The zero-order valence-electron chi connectivity index (χ0n) is 13.2. The number of nitro groups is 1. The molecule has 23 heavy (non-hydrogen) atoms. The molecule has 0 radical (unpaired) electrons. The lowest BCUT2D eigenvalue weighted by molar-refractivity contribution is -0.384. The second-order valence-electron chi connectivity index (χ2n) is 5.87. The average Bonchev–Trinajstić information content (AvgIpc) is 2.62. The molecule has 0 bridgehead atoms. The van der Waals surface area contributed by atoms with Crippen molar-refractivity contribution in [1.82, 2.24) is 4.90 Å². The summed E-state index contributed by atoms with van der Waals surface area (Å²) in [6.45, 7) is 3.94. The quantitative estimate of drug-likeness (QED) is 0.619. The van der Waals surface area contributed by atoms with Crippen LogP contribution in [0.4, 0.5) is 5.69 Å². The standard InChI is InChI=1S/C19H20N2O2/c1-15(18-8-5-9-19(14-18)21(22)23)20-12-10-17(11-13-20)16-6-3-2-4-7-16/h2-10,14-15H,11-13H2,1H3/t15-/m1/s1. The first kappa shape index (κ1) is 15.4. The van der Waals surface area contributed by atoms with Gasteiger partial charge >= 0.3 is 0 Å². The molecule has 4 heteroatoms. The topological polar surface area (TPSA) is 46.4 Å². The minimum atomic E-state index is -0.333.